The van der Waals surface area contributed by atoms with Gasteiger partial charge in [0, 0.05) is 6.54 Å². The van der Waals surface area contributed by atoms with Crippen LogP contribution in [0.5, 0.6) is 0 Å². The molecule has 1 aromatic carbocycles. The molecular formula is C12H14N6O2. The Morgan fingerprint density at radius 3 is 2.60 bits per heavy atom. The van der Waals surface area contributed by atoms with E-state index in [0.29, 0.717) is 6.54 Å². The highest BCUT2D eigenvalue weighted by molar-refractivity contribution is 5.93. The van der Waals surface area contributed by atoms with Crippen LogP contribution in [-0.4, -0.2) is 33.5 Å². The van der Waals surface area contributed by atoms with Crippen molar-refractivity contribution >= 4 is 17.8 Å². The molecule has 0 fully saturated rings. The fraction of sp³-hybridized carbons (Fsp3) is 0.167. The zero-order valence-electron chi connectivity index (χ0n) is 10.6. The summed E-state index contributed by atoms with van der Waals surface area (Å²) in [6.45, 7) is 0.261. The molecule has 2 amide bonds. The fourth-order valence-electron chi connectivity index (χ4n) is 1.48. The topological polar surface area (TPSA) is 126 Å². The Bertz CT molecular complexity index is 595. The molecule has 0 unspecified atom stereocenters. The number of H-pyrrole nitrogens is 1. The number of nitrogen functional groups attached to an aromatic ring is 1. The number of benzene rings is 1. The van der Waals surface area contributed by atoms with Gasteiger partial charge in [0.2, 0.25) is 17.7 Å². The quantitative estimate of drug-likeness (QED) is 0.581. The summed E-state index contributed by atoms with van der Waals surface area (Å²) in [6, 6.07) is 9.47. The van der Waals surface area contributed by atoms with E-state index in [1.165, 1.54) is 0 Å². The maximum absolute atomic E-state index is 11.6. The molecule has 2 aromatic rings. The molecule has 0 bridgehead atoms. The van der Waals surface area contributed by atoms with Crippen LogP contribution < -0.4 is 16.4 Å². The van der Waals surface area contributed by atoms with E-state index in [2.05, 4.69) is 25.8 Å². The van der Waals surface area contributed by atoms with Crippen molar-refractivity contribution in [1.82, 2.24) is 25.8 Å². The Morgan fingerprint density at radius 2 is 1.95 bits per heavy atom. The number of anilines is 1. The molecule has 104 valence electrons. The minimum Gasteiger partial charge on any atom is -0.366 e. The molecule has 20 heavy (non-hydrogen) atoms. The Morgan fingerprint density at radius 1 is 1.20 bits per heavy atom. The number of nitrogens with zero attached hydrogens (tertiary/aromatic N) is 2. The third kappa shape index (κ3) is 3.80. The van der Waals surface area contributed by atoms with Gasteiger partial charge in [0.05, 0.1) is 6.54 Å². The smallest absolute Gasteiger partial charge is 0.289 e. The number of aromatic amines is 1. The highest BCUT2D eigenvalue weighted by atomic mass is 16.2. The van der Waals surface area contributed by atoms with Crippen LogP contribution in [0.3, 0.4) is 0 Å². The van der Waals surface area contributed by atoms with Crippen molar-refractivity contribution in [2.24, 2.45) is 0 Å². The summed E-state index contributed by atoms with van der Waals surface area (Å²) >= 11 is 0. The monoisotopic (exact) mass is 274 g/mol. The fourth-order valence-corrected chi connectivity index (χ4v) is 1.48. The zero-order chi connectivity index (χ0) is 14.4. The SMILES string of the molecule is Nc1n[nH]c(C(=O)NCC(=O)NCc2ccccc2)n1. The van der Waals surface area contributed by atoms with Gasteiger partial charge >= 0.3 is 0 Å². The number of nitrogens with one attached hydrogen (secondary N) is 3. The van der Waals surface area contributed by atoms with Crippen LogP contribution in [-0.2, 0) is 11.3 Å². The first-order valence-corrected chi connectivity index (χ1v) is 5.92. The van der Waals surface area contributed by atoms with Crippen molar-refractivity contribution in [3.05, 3.63) is 41.7 Å². The van der Waals surface area contributed by atoms with Crippen LogP contribution in [0, 0.1) is 0 Å². The van der Waals surface area contributed by atoms with E-state index in [9.17, 15) is 9.59 Å². The molecule has 5 N–H and O–H groups in total. The molecule has 8 heteroatoms. The number of carbonyl (C=O) groups is 2. The van der Waals surface area contributed by atoms with E-state index in [-0.39, 0.29) is 24.2 Å². The normalized spacial score (nSPS) is 10.0. The maximum atomic E-state index is 11.6. The molecule has 1 heterocycles. The number of hydrogen-bond donors (Lipinski definition) is 4. The Labute approximate surface area is 114 Å². The lowest BCUT2D eigenvalue weighted by molar-refractivity contribution is -0.120. The summed E-state index contributed by atoms with van der Waals surface area (Å²) in [5, 5.41) is 11.0. The van der Waals surface area contributed by atoms with Crippen LogP contribution >= 0.6 is 0 Å². The molecule has 0 radical (unpaired) electrons. The van der Waals surface area contributed by atoms with Crippen molar-refractivity contribution in [3.8, 4) is 0 Å². The minimum absolute atomic E-state index is 0.0244. The van der Waals surface area contributed by atoms with Crippen molar-refractivity contribution in [3.63, 3.8) is 0 Å². The molecule has 8 nitrogen and oxygen atoms in total. The van der Waals surface area contributed by atoms with Crippen molar-refractivity contribution in [2.75, 3.05) is 12.3 Å². The van der Waals surface area contributed by atoms with Gasteiger partial charge in [-0.2, -0.15) is 4.98 Å². The summed E-state index contributed by atoms with van der Waals surface area (Å²) in [4.78, 5) is 26.8. The second-order valence-electron chi connectivity index (χ2n) is 3.99. The second kappa shape index (κ2) is 6.32. The number of carbonyl (C=O) groups excluding carboxylic acids is 2. The van der Waals surface area contributed by atoms with Crippen LogP contribution in [0.25, 0.3) is 0 Å². The van der Waals surface area contributed by atoms with Gasteiger partial charge in [-0.3, -0.25) is 14.7 Å². The van der Waals surface area contributed by atoms with Gasteiger partial charge in [-0.25, -0.2) is 0 Å². The molecule has 0 aliphatic carbocycles. The summed E-state index contributed by atoms with van der Waals surface area (Å²) in [5.74, 6) is -0.888. The van der Waals surface area contributed by atoms with Gasteiger partial charge in [0.1, 0.15) is 0 Å². The van der Waals surface area contributed by atoms with Gasteiger partial charge in [-0.05, 0) is 5.56 Å². The molecular weight excluding hydrogens is 260 g/mol. The Hall–Kier alpha value is -2.90. The third-order valence-electron chi connectivity index (χ3n) is 2.46. The lowest BCUT2D eigenvalue weighted by Gasteiger charge is -2.05. The van der Waals surface area contributed by atoms with E-state index >= 15 is 0 Å². The number of amides is 2. The highest BCUT2D eigenvalue weighted by Gasteiger charge is 2.11. The lowest BCUT2D eigenvalue weighted by atomic mass is 10.2. The van der Waals surface area contributed by atoms with E-state index in [1.54, 1.807) is 0 Å². The van der Waals surface area contributed by atoms with Crippen LogP contribution in [0.15, 0.2) is 30.3 Å². The summed E-state index contributed by atoms with van der Waals surface area (Å²) in [7, 11) is 0. The first-order chi connectivity index (χ1) is 9.65. The van der Waals surface area contributed by atoms with Crippen molar-refractivity contribution < 1.29 is 9.59 Å². The van der Waals surface area contributed by atoms with Gasteiger partial charge in [0.15, 0.2) is 0 Å². The number of nitrogens with two attached hydrogens (primary N) is 1. The van der Waals surface area contributed by atoms with E-state index in [1.807, 2.05) is 30.3 Å². The summed E-state index contributed by atoms with van der Waals surface area (Å²) < 4.78 is 0. The van der Waals surface area contributed by atoms with Gasteiger partial charge in [0.25, 0.3) is 5.91 Å². The largest absolute Gasteiger partial charge is 0.366 e. The standard InChI is InChI=1S/C12H14N6O2/c13-12-16-10(17-18-12)11(20)15-7-9(19)14-6-8-4-2-1-3-5-8/h1-5H,6-7H2,(H,14,19)(H,15,20)(H3,13,16,17,18). The molecule has 0 saturated heterocycles. The Balaban J connectivity index is 1.74. The number of hydrogen-bond acceptors (Lipinski definition) is 5. The van der Waals surface area contributed by atoms with Crippen molar-refractivity contribution in [1.29, 1.82) is 0 Å². The first-order valence-electron chi connectivity index (χ1n) is 5.92. The lowest BCUT2D eigenvalue weighted by Crippen LogP contribution is -2.37. The molecule has 0 saturated carbocycles. The molecule has 0 aliphatic heterocycles. The summed E-state index contributed by atoms with van der Waals surface area (Å²) in [6.07, 6.45) is 0. The molecule has 2 rings (SSSR count). The van der Waals surface area contributed by atoms with Crippen LogP contribution in [0.2, 0.25) is 0 Å². The van der Waals surface area contributed by atoms with Gasteiger partial charge in [-0.15, -0.1) is 5.10 Å². The van der Waals surface area contributed by atoms with E-state index in [4.69, 9.17) is 5.73 Å². The minimum atomic E-state index is -0.538. The number of rotatable bonds is 5. The van der Waals surface area contributed by atoms with E-state index in [0.717, 1.165) is 5.56 Å². The Kier molecular flexibility index (Phi) is 4.28. The average Bonchev–Trinajstić information content (AvgIpc) is 2.90. The molecule has 1 aromatic heterocycles. The highest BCUT2D eigenvalue weighted by Crippen LogP contribution is 1.97. The van der Waals surface area contributed by atoms with Crippen molar-refractivity contribution in [2.45, 2.75) is 6.54 Å². The number of aromatic nitrogens is 3. The molecule has 0 atom stereocenters. The molecule has 0 aliphatic rings. The molecule has 0 spiro atoms. The van der Waals surface area contributed by atoms with Gasteiger partial charge in [-0.1, -0.05) is 30.3 Å². The maximum Gasteiger partial charge on any atom is 0.289 e. The van der Waals surface area contributed by atoms with Crippen LogP contribution in [0.1, 0.15) is 16.2 Å². The second-order valence-corrected chi connectivity index (χ2v) is 3.99. The predicted molar refractivity (Wildman–Crippen MR) is 71.4 cm³/mol. The third-order valence-corrected chi connectivity index (χ3v) is 2.46. The zero-order valence-corrected chi connectivity index (χ0v) is 10.6. The average molecular weight is 274 g/mol. The van der Waals surface area contributed by atoms with Crippen LogP contribution in [0.4, 0.5) is 5.95 Å². The van der Waals surface area contributed by atoms with E-state index < -0.39 is 5.91 Å². The first kappa shape index (κ1) is 13.5. The summed E-state index contributed by atoms with van der Waals surface area (Å²) in [5.41, 5.74) is 6.25. The predicted octanol–water partition coefficient (Wildman–Crippen LogP) is -0.567. The van der Waals surface area contributed by atoms with Gasteiger partial charge < -0.3 is 16.4 Å².